The van der Waals surface area contributed by atoms with E-state index in [-0.39, 0.29) is 17.9 Å². The summed E-state index contributed by atoms with van der Waals surface area (Å²) in [6.07, 6.45) is 2.70. The van der Waals surface area contributed by atoms with E-state index in [1.807, 2.05) is 19.2 Å². The molecular formula is C20H31N3O2. The van der Waals surface area contributed by atoms with Crippen LogP contribution in [0, 0.1) is 5.92 Å². The van der Waals surface area contributed by atoms with E-state index in [2.05, 4.69) is 29.0 Å². The van der Waals surface area contributed by atoms with Crippen LogP contribution in [-0.2, 0) is 6.54 Å². The van der Waals surface area contributed by atoms with Gasteiger partial charge in [-0.3, -0.25) is 9.69 Å². The van der Waals surface area contributed by atoms with Gasteiger partial charge >= 0.3 is 0 Å². The van der Waals surface area contributed by atoms with Crippen molar-refractivity contribution in [3.63, 3.8) is 0 Å². The molecule has 3 rings (SSSR count). The second kappa shape index (κ2) is 8.30. The Kier molecular flexibility index (Phi) is 6.10. The van der Waals surface area contributed by atoms with Gasteiger partial charge in [0.05, 0.1) is 6.10 Å². The Labute approximate surface area is 151 Å². The van der Waals surface area contributed by atoms with Crippen LogP contribution in [0.5, 0.6) is 0 Å². The summed E-state index contributed by atoms with van der Waals surface area (Å²) in [7, 11) is 4.00. The molecule has 2 unspecified atom stereocenters. The summed E-state index contributed by atoms with van der Waals surface area (Å²) in [4.78, 5) is 19.2. The standard InChI is InChI=1S/C20H31N3O2/c1-21-10-12-23(13-11-21)14-16-6-8-17(9-7-16)20(25)22(2)15-18-4-3-5-19(18)24/h6-9,18-19,24H,3-5,10-15H2,1-2H3. The zero-order chi connectivity index (χ0) is 17.8. The fraction of sp³-hybridized carbons (Fsp3) is 0.650. The van der Waals surface area contributed by atoms with E-state index in [1.54, 1.807) is 4.90 Å². The molecule has 2 fully saturated rings. The monoisotopic (exact) mass is 345 g/mol. The van der Waals surface area contributed by atoms with E-state index < -0.39 is 0 Å². The van der Waals surface area contributed by atoms with Gasteiger partial charge in [-0.25, -0.2) is 0 Å². The molecule has 1 N–H and O–H groups in total. The third-order valence-corrected chi connectivity index (χ3v) is 5.68. The van der Waals surface area contributed by atoms with Crippen LogP contribution in [0.4, 0.5) is 0 Å². The highest BCUT2D eigenvalue weighted by Gasteiger charge is 2.27. The maximum absolute atomic E-state index is 12.6. The SMILES string of the molecule is CN1CCN(Cc2ccc(C(=O)N(C)CC3CCCC3O)cc2)CC1. The Morgan fingerprint density at radius 3 is 2.44 bits per heavy atom. The highest BCUT2D eigenvalue weighted by molar-refractivity contribution is 5.94. The lowest BCUT2D eigenvalue weighted by Gasteiger charge is -2.32. The summed E-state index contributed by atoms with van der Waals surface area (Å²) in [5.41, 5.74) is 1.99. The van der Waals surface area contributed by atoms with Crippen molar-refractivity contribution < 1.29 is 9.90 Å². The van der Waals surface area contributed by atoms with Gasteiger partial charge in [-0.15, -0.1) is 0 Å². The summed E-state index contributed by atoms with van der Waals surface area (Å²) in [5, 5.41) is 9.95. The van der Waals surface area contributed by atoms with Gasteiger partial charge in [0.15, 0.2) is 0 Å². The highest BCUT2D eigenvalue weighted by Crippen LogP contribution is 2.26. The summed E-state index contributed by atoms with van der Waals surface area (Å²) < 4.78 is 0. The van der Waals surface area contributed by atoms with Crippen LogP contribution in [0.1, 0.15) is 35.2 Å². The van der Waals surface area contributed by atoms with Crippen LogP contribution < -0.4 is 0 Å². The molecular weight excluding hydrogens is 314 g/mol. The number of rotatable bonds is 5. The number of hydrogen-bond donors (Lipinski definition) is 1. The Balaban J connectivity index is 1.53. The van der Waals surface area contributed by atoms with Gasteiger partial charge in [-0.05, 0) is 37.6 Å². The van der Waals surface area contributed by atoms with Gasteiger partial charge in [-0.1, -0.05) is 18.6 Å². The number of amides is 1. The number of aliphatic hydroxyl groups is 1. The average Bonchev–Trinajstić information content (AvgIpc) is 3.02. The number of carbonyl (C=O) groups is 1. The summed E-state index contributed by atoms with van der Waals surface area (Å²) in [6.45, 7) is 6.03. The first-order valence-electron chi connectivity index (χ1n) is 9.46. The van der Waals surface area contributed by atoms with Gasteiger partial charge in [0.1, 0.15) is 0 Å². The van der Waals surface area contributed by atoms with Gasteiger partial charge in [0.2, 0.25) is 0 Å². The minimum absolute atomic E-state index is 0.0465. The number of piperazine rings is 1. The molecule has 2 atom stereocenters. The maximum Gasteiger partial charge on any atom is 0.253 e. The van der Waals surface area contributed by atoms with Crippen LogP contribution in [0.15, 0.2) is 24.3 Å². The summed E-state index contributed by atoms with van der Waals surface area (Å²) >= 11 is 0. The lowest BCUT2D eigenvalue weighted by molar-refractivity contribution is 0.0693. The van der Waals surface area contributed by atoms with Crippen molar-refractivity contribution in [2.75, 3.05) is 46.8 Å². The van der Waals surface area contributed by atoms with E-state index >= 15 is 0 Å². The molecule has 2 aliphatic rings. The fourth-order valence-electron chi connectivity index (χ4n) is 3.90. The first-order chi connectivity index (χ1) is 12.0. The topological polar surface area (TPSA) is 47.0 Å². The van der Waals surface area contributed by atoms with Crippen molar-refractivity contribution >= 4 is 5.91 Å². The largest absolute Gasteiger partial charge is 0.393 e. The van der Waals surface area contributed by atoms with Crippen LogP contribution in [0.25, 0.3) is 0 Å². The molecule has 0 bridgehead atoms. The second-order valence-electron chi connectivity index (χ2n) is 7.72. The van der Waals surface area contributed by atoms with Crippen LogP contribution in [0.2, 0.25) is 0 Å². The van der Waals surface area contributed by atoms with Crippen molar-refractivity contribution in [1.29, 1.82) is 0 Å². The van der Waals surface area contributed by atoms with Gasteiger partial charge < -0.3 is 14.9 Å². The number of aliphatic hydroxyl groups excluding tert-OH is 1. The molecule has 1 aliphatic carbocycles. The lowest BCUT2D eigenvalue weighted by atomic mass is 10.0. The fourth-order valence-corrected chi connectivity index (χ4v) is 3.90. The van der Waals surface area contributed by atoms with E-state index in [0.29, 0.717) is 6.54 Å². The number of benzene rings is 1. The molecule has 1 heterocycles. The second-order valence-corrected chi connectivity index (χ2v) is 7.72. The first kappa shape index (κ1) is 18.4. The molecule has 0 radical (unpaired) electrons. The molecule has 138 valence electrons. The van der Waals surface area contributed by atoms with Crippen molar-refractivity contribution in [1.82, 2.24) is 14.7 Å². The normalized spacial score (nSPS) is 25.2. The van der Waals surface area contributed by atoms with Gasteiger partial charge in [0, 0.05) is 57.8 Å². The number of carbonyl (C=O) groups excluding carboxylic acids is 1. The molecule has 1 amide bonds. The number of hydrogen-bond acceptors (Lipinski definition) is 4. The van der Waals surface area contributed by atoms with Crippen molar-refractivity contribution in [2.24, 2.45) is 5.92 Å². The Morgan fingerprint density at radius 2 is 1.84 bits per heavy atom. The zero-order valence-corrected chi connectivity index (χ0v) is 15.5. The quantitative estimate of drug-likeness (QED) is 0.882. The zero-order valence-electron chi connectivity index (χ0n) is 15.5. The molecule has 0 aromatic heterocycles. The molecule has 1 saturated heterocycles. The molecule has 1 aliphatic heterocycles. The predicted molar refractivity (Wildman–Crippen MR) is 99.5 cm³/mol. The third-order valence-electron chi connectivity index (χ3n) is 5.68. The molecule has 5 nitrogen and oxygen atoms in total. The third kappa shape index (κ3) is 4.81. The minimum Gasteiger partial charge on any atom is -0.393 e. The lowest BCUT2D eigenvalue weighted by Crippen LogP contribution is -2.43. The highest BCUT2D eigenvalue weighted by atomic mass is 16.3. The molecule has 1 aromatic carbocycles. The first-order valence-corrected chi connectivity index (χ1v) is 9.46. The number of likely N-dealkylation sites (N-methyl/N-ethyl adjacent to an activating group) is 1. The Morgan fingerprint density at radius 1 is 1.16 bits per heavy atom. The average molecular weight is 345 g/mol. The van der Waals surface area contributed by atoms with Crippen LogP contribution in [-0.4, -0.2) is 78.6 Å². The van der Waals surface area contributed by atoms with E-state index in [0.717, 1.165) is 57.5 Å². The van der Waals surface area contributed by atoms with Crippen molar-refractivity contribution in [3.05, 3.63) is 35.4 Å². The van der Waals surface area contributed by atoms with Crippen molar-refractivity contribution in [2.45, 2.75) is 31.9 Å². The van der Waals surface area contributed by atoms with Gasteiger partial charge in [0.25, 0.3) is 5.91 Å². The number of nitrogens with zero attached hydrogens (tertiary/aromatic N) is 3. The molecule has 1 aromatic rings. The van der Waals surface area contributed by atoms with E-state index in [1.165, 1.54) is 5.56 Å². The maximum atomic E-state index is 12.6. The molecule has 0 spiro atoms. The summed E-state index contributed by atoms with van der Waals surface area (Å²) in [6, 6.07) is 8.03. The minimum atomic E-state index is -0.249. The van der Waals surface area contributed by atoms with Crippen LogP contribution in [0.3, 0.4) is 0 Å². The molecule has 25 heavy (non-hydrogen) atoms. The predicted octanol–water partition coefficient (Wildman–Crippen LogP) is 1.67. The van der Waals surface area contributed by atoms with Crippen molar-refractivity contribution in [3.8, 4) is 0 Å². The van der Waals surface area contributed by atoms with Gasteiger partial charge in [-0.2, -0.15) is 0 Å². The summed E-state index contributed by atoms with van der Waals surface area (Å²) in [5.74, 6) is 0.274. The Hall–Kier alpha value is -1.43. The van der Waals surface area contributed by atoms with Crippen LogP contribution >= 0.6 is 0 Å². The van der Waals surface area contributed by atoms with E-state index in [9.17, 15) is 9.90 Å². The molecule has 5 heteroatoms. The molecule has 1 saturated carbocycles. The van der Waals surface area contributed by atoms with E-state index in [4.69, 9.17) is 0 Å². The smallest absolute Gasteiger partial charge is 0.253 e. The Bertz CT molecular complexity index is 567.